The highest BCUT2D eigenvalue weighted by Gasteiger charge is 2.23. The van der Waals surface area contributed by atoms with E-state index in [2.05, 4.69) is 10.4 Å². The number of ether oxygens (including phenoxy) is 2. The third kappa shape index (κ3) is 2.70. The minimum atomic E-state index is 0.0363. The summed E-state index contributed by atoms with van der Waals surface area (Å²) in [6.45, 7) is 4.68. The van der Waals surface area contributed by atoms with Gasteiger partial charge in [0.15, 0.2) is 11.5 Å². The van der Waals surface area contributed by atoms with E-state index in [9.17, 15) is 4.79 Å². The topological polar surface area (TPSA) is 65.4 Å². The van der Waals surface area contributed by atoms with Crippen LogP contribution in [0.4, 0.5) is 0 Å². The molecule has 0 amide bonds. The van der Waals surface area contributed by atoms with Gasteiger partial charge in [-0.15, -0.1) is 0 Å². The predicted octanol–water partition coefficient (Wildman–Crippen LogP) is 0.473. The number of morpholine rings is 1. The first kappa shape index (κ1) is 13.0. The standard InChI is InChI=1S/C12H19N3O3/c1-3-15-12(11(17-2)7-14-15)10(16)6-9-8-18-5-4-13-9/h7,9,13H,3-6,8H2,1-2H3. The van der Waals surface area contributed by atoms with Crippen LogP contribution in [0.1, 0.15) is 23.8 Å². The SMILES string of the molecule is CCn1ncc(OC)c1C(=O)CC1COCCN1. The molecule has 0 aromatic carbocycles. The number of Topliss-reactive ketones (excluding diaryl/α,β-unsaturated/α-hetero) is 1. The van der Waals surface area contributed by atoms with Crippen molar-refractivity contribution in [2.75, 3.05) is 26.9 Å². The van der Waals surface area contributed by atoms with E-state index >= 15 is 0 Å². The van der Waals surface area contributed by atoms with Crippen molar-refractivity contribution in [3.05, 3.63) is 11.9 Å². The fraction of sp³-hybridized carbons (Fsp3) is 0.667. The Labute approximate surface area is 106 Å². The zero-order valence-electron chi connectivity index (χ0n) is 10.8. The molecule has 18 heavy (non-hydrogen) atoms. The number of aryl methyl sites for hydroxylation is 1. The molecule has 1 aromatic rings. The maximum absolute atomic E-state index is 12.3. The second kappa shape index (κ2) is 5.97. The molecule has 0 spiro atoms. The fourth-order valence-corrected chi connectivity index (χ4v) is 2.11. The van der Waals surface area contributed by atoms with Crippen LogP contribution in [0.25, 0.3) is 0 Å². The van der Waals surface area contributed by atoms with Crippen LogP contribution < -0.4 is 10.1 Å². The molecule has 100 valence electrons. The molecule has 2 rings (SSSR count). The Morgan fingerprint density at radius 3 is 3.17 bits per heavy atom. The van der Waals surface area contributed by atoms with Crippen molar-refractivity contribution in [3.63, 3.8) is 0 Å². The van der Waals surface area contributed by atoms with Gasteiger partial charge in [0, 0.05) is 25.6 Å². The number of rotatable bonds is 5. The fourth-order valence-electron chi connectivity index (χ4n) is 2.11. The summed E-state index contributed by atoms with van der Waals surface area (Å²) in [5.41, 5.74) is 0.548. The Hall–Kier alpha value is -1.40. The summed E-state index contributed by atoms with van der Waals surface area (Å²) < 4.78 is 12.2. The highest BCUT2D eigenvalue weighted by Crippen LogP contribution is 2.20. The van der Waals surface area contributed by atoms with Gasteiger partial charge in [-0.25, -0.2) is 0 Å². The summed E-state index contributed by atoms with van der Waals surface area (Å²) in [5.74, 6) is 0.577. The van der Waals surface area contributed by atoms with Crippen molar-refractivity contribution in [1.82, 2.24) is 15.1 Å². The van der Waals surface area contributed by atoms with Crippen molar-refractivity contribution in [3.8, 4) is 5.75 Å². The molecule has 0 bridgehead atoms. The highest BCUT2D eigenvalue weighted by molar-refractivity contribution is 5.97. The molecule has 0 radical (unpaired) electrons. The molecule has 2 heterocycles. The van der Waals surface area contributed by atoms with Crippen molar-refractivity contribution >= 4 is 5.78 Å². The van der Waals surface area contributed by atoms with Crippen molar-refractivity contribution in [2.45, 2.75) is 25.9 Å². The lowest BCUT2D eigenvalue weighted by Crippen LogP contribution is -2.42. The van der Waals surface area contributed by atoms with Crippen LogP contribution in [0, 0.1) is 0 Å². The molecule has 1 N–H and O–H groups in total. The second-order valence-corrected chi connectivity index (χ2v) is 4.23. The van der Waals surface area contributed by atoms with Gasteiger partial charge in [0.2, 0.25) is 0 Å². The lowest BCUT2D eigenvalue weighted by molar-refractivity contribution is 0.0671. The number of aromatic nitrogens is 2. The van der Waals surface area contributed by atoms with Crippen molar-refractivity contribution < 1.29 is 14.3 Å². The largest absolute Gasteiger partial charge is 0.493 e. The van der Waals surface area contributed by atoms with Gasteiger partial charge in [-0.1, -0.05) is 0 Å². The molecule has 6 nitrogen and oxygen atoms in total. The first-order chi connectivity index (χ1) is 8.76. The lowest BCUT2D eigenvalue weighted by Gasteiger charge is -2.23. The summed E-state index contributed by atoms with van der Waals surface area (Å²) in [4.78, 5) is 12.3. The summed E-state index contributed by atoms with van der Waals surface area (Å²) in [7, 11) is 1.55. The Balaban J connectivity index is 2.09. The number of hydrogen-bond donors (Lipinski definition) is 1. The average molecular weight is 253 g/mol. The maximum atomic E-state index is 12.3. The lowest BCUT2D eigenvalue weighted by atomic mass is 10.1. The average Bonchev–Trinajstić information content (AvgIpc) is 2.82. The van der Waals surface area contributed by atoms with Gasteiger partial charge in [-0.05, 0) is 6.92 Å². The number of nitrogens with zero attached hydrogens (tertiary/aromatic N) is 2. The third-order valence-electron chi connectivity index (χ3n) is 3.02. The zero-order valence-corrected chi connectivity index (χ0v) is 10.8. The van der Waals surface area contributed by atoms with Crippen LogP contribution in [0.15, 0.2) is 6.20 Å². The molecule has 1 atom stereocenters. The van der Waals surface area contributed by atoms with Crippen LogP contribution in [0.5, 0.6) is 5.75 Å². The molecule has 0 saturated carbocycles. The van der Waals surface area contributed by atoms with Crippen LogP contribution in [-0.2, 0) is 11.3 Å². The molecular weight excluding hydrogens is 234 g/mol. The first-order valence-corrected chi connectivity index (χ1v) is 6.20. The summed E-state index contributed by atoms with van der Waals surface area (Å²) in [6, 6.07) is 0.0798. The van der Waals surface area contributed by atoms with Gasteiger partial charge < -0.3 is 14.8 Å². The second-order valence-electron chi connectivity index (χ2n) is 4.23. The summed E-state index contributed by atoms with van der Waals surface area (Å²) >= 11 is 0. The smallest absolute Gasteiger partial charge is 0.186 e. The Morgan fingerprint density at radius 1 is 1.72 bits per heavy atom. The van der Waals surface area contributed by atoms with Gasteiger partial charge in [0.25, 0.3) is 0 Å². The zero-order chi connectivity index (χ0) is 13.0. The highest BCUT2D eigenvalue weighted by atomic mass is 16.5. The minimum Gasteiger partial charge on any atom is -0.493 e. The van der Waals surface area contributed by atoms with E-state index in [1.807, 2.05) is 6.92 Å². The third-order valence-corrected chi connectivity index (χ3v) is 3.02. The van der Waals surface area contributed by atoms with E-state index in [4.69, 9.17) is 9.47 Å². The number of methoxy groups -OCH3 is 1. The van der Waals surface area contributed by atoms with E-state index < -0.39 is 0 Å². The van der Waals surface area contributed by atoms with Gasteiger partial charge in [0.05, 0.1) is 26.5 Å². The van der Waals surface area contributed by atoms with Crippen LogP contribution in [-0.4, -0.2) is 48.5 Å². The minimum absolute atomic E-state index is 0.0363. The molecular formula is C12H19N3O3. The Morgan fingerprint density at radius 2 is 2.56 bits per heavy atom. The van der Waals surface area contributed by atoms with Gasteiger partial charge >= 0.3 is 0 Å². The number of ketones is 1. The van der Waals surface area contributed by atoms with Gasteiger partial charge in [0.1, 0.15) is 5.69 Å². The Bertz CT molecular complexity index is 389. The quantitative estimate of drug-likeness (QED) is 0.773. The van der Waals surface area contributed by atoms with Crippen molar-refractivity contribution in [2.24, 2.45) is 0 Å². The Kier molecular flexibility index (Phi) is 4.33. The molecule has 1 saturated heterocycles. The number of hydrogen-bond acceptors (Lipinski definition) is 5. The van der Waals surface area contributed by atoms with Crippen LogP contribution in [0.2, 0.25) is 0 Å². The molecule has 1 aliphatic heterocycles. The van der Waals surface area contributed by atoms with Crippen LogP contribution in [0.3, 0.4) is 0 Å². The molecule has 1 unspecified atom stereocenters. The van der Waals surface area contributed by atoms with Gasteiger partial charge in [-0.2, -0.15) is 5.10 Å². The molecule has 1 aliphatic rings. The molecule has 1 aromatic heterocycles. The molecule has 1 fully saturated rings. The molecule has 0 aliphatic carbocycles. The van der Waals surface area contributed by atoms with E-state index in [0.29, 0.717) is 37.6 Å². The number of carbonyl (C=O) groups excluding carboxylic acids is 1. The predicted molar refractivity (Wildman–Crippen MR) is 66.0 cm³/mol. The van der Waals surface area contributed by atoms with E-state index in [-0.39, 0.29) is 11.8 Å². The number of nitrogens with one attached hydrogen (secondary N) is 1. The van der Waals surface area contributed by atoms with E-state index in [1.165, 1.54) is 0 Å². The van der Waals surface area contributed by atoms with Crippen LogP contribution >= 0.6 is 0 Å². The van der Waals surface area contributed by atoms with E-state index in [0.717, 1.165) is 6.54 Å². The van der Waals surface area contributed by atoms with Crippen molar-refractivity contribution in [1.29, 1.82) is 0 Å². The van der Waals surface area contributed by atoms with E-state index in [1.54, 1.807) is 18.0 Å². The maximum Gasteiger partial charge on any atom is 0.186 e. The van der Waals surface area contributed by atoms with Gasteiger partial charge in [-0.3, -0.25) is 9.48 Å². The summed E-state index contributed by atoms with van der Waals surface area (Å²) in [6.07, 6.45) is 1.99. The summed E-state index contributed by atoms with van der Waals surface area (Å²) in [5, 5.41) is 7.41. The normalized spacial score (nSPS) is 19.8. The monoisotopic (exact) mass is 253 g/mol. The number of carbonyl (C=O) groups is 1. The first-order valence-electron chi connectivity index (χ1n) is 6.20. The molecule has 6 heteroatoms.